The maximum absolute atomic E-state index is 12.8. The van der Waals surface area contributed by atoms with Crippen LogP contribution in [0.3, 0.4) is 0 Å². The number of amides is 1. The molecule has 0 unspecified atom stereocenters. The largest absolute Gasteiger partial charge is 0.475 e. The number of hydrogen-bond acceptors (Lipinski definition) is 6. The molecule has 2 heterocycles. The molecule has 0 aliphatic carbocycles. The molecule has 9 heteroatoms. The lowest BCUT2D eigenvalue weighted by atomic mass is 10.2. The summed E-state index contributed by atoms with van der Waals surface area (Å²) in [6.45, 7) is 9.23. The first-order valence-electron chi connectivity index (χ1n) is 10.1. The minimum atomic E-state index is -3.54. The van der Waals surface area contributed by atoms with Gasteiger partial charge in [0, 0.05) is 44.1 Å². The Balaban J connectivity index is 1.63. The maximum atomic E-state index is 12.8. The number of likely N-dealkylation sites (N-methyl/N-ethyl adjacent to an activating group) is 1. The molecule has 0 spiro atoms. The summed E-state index contributed by atoms with van der Waals surface area (Å²) < 4.78 is 32.7. The summed E-state index contributed by atoms with van der Waals surface area (Å²) >= 11 is 0. The fourth-order valence-corrected chi connectivity index (χ4v) is 4.60. The Morgan fingerprint density at radius 3 is 2.30 bits per heavy atom. The molecular formula is C21H28N4O4S. The molecule has 1 aliphatic heterocycles. The lowest BCUT2D eigenvalue weighted by Crippen LogP contribution is -2.48. The van der Waals surface area contributed by atoms with Gasteiger partial charge in [-0.25, -0.2) is 13.4 Å². The molecule has 2 aromatic rings. The molecule has 30 heavy (non-hydrogen) atoms. The highest BCUT2D eigenvalue weighted by atomic mass is 32.2. The van der Waals surface area contributed by atoms with Crippen LogP contribution < -0.4 is 10.1 Å². The van der Waals surface area contributed by atoms with Crippen LogP contribution in [0.2, 0.25) is 0 Å². The highest BCUT2D eigenvalue weighted by Gasteiger charge is 2.27. The van der Waals surface area contributed by atoms with Crippen molar-refractivity contribution in [1.29, 1.82) is 0 Å². The standard InChI is InChI=1S/C21H28N4O4S/c1-4-24-11-13-25(14-12-24)30(27,28)19-8-6-18(7-9-19)23-21(26)17-5-10-20(22-15-17)29-16(2)3/h5-10,15-16H,4,11-14H2,1-3H3,(H,23,26). The fraction of sp³-hybridized carbons (Fsp3) is 0.429. The quantitative estimate of drug-likeness (QED) is 0.723. The Morgan fingerprint density at radius 2 is 1.77 bits per heavy atom. The molecule has 1 fully saturated rings. The second kappa shape index (κ2) is 9.55. The predicted octanol–water partition coefficient (Wildman–Crippen LogP) is 2.45. The van der Waals surface area contributed by atoms with E-state index in [0.717, 1.165) is 19.6 Å². The highest BCUT2D eigenvalue weighted by Crippen LogP contribution is 2.20. The van der Waals surface area contributed by atoms with Crippen LogP contribution in [0.1, 0.15) is 31.1 Å². The lowest BCUT2D eigenvalue weighted by Gasteiger charge is -2.33. The first-order chi connectivity index (χ1) is 14.3. The number of anilines is 1. The van der Waals surface area contributed by atoms with Gasteiger partial charge in [-0.3, -0.25) is 4.79 Å². The van der Waals surface area contributed by atoms with E-state index < -0.39 is 10.0 Å². The molecular weight excluding hydrogens is 404 g/mol. The molecule has 0 radical (unpaired) electrons. The Hall–Kier alpha value is -2.49. The van der Waals surface area contributed by atoms with Gasteiger partial charge in [0.25, 0.3) is 5.91 Å². The van der Waals surface area contributed by atoms with Crippen molar-refractivity contribution in [2.75, 3.05) is 38.0 Å². The summed E-state index contributed by atoms with van der Waals surface area (Å²) in [5.74, 6) is 0.126. The van der Waals surface area contributed by atoms with Crippen LogP contribution in [0, 0.1) is 0 Å². The Morgan fingerprint density at radius 1 is 1.10 bits per heavy atom. The molecule has 0 atom stereocenters. The van der Waals surface area contributed by atoms with E-state index in [0.29, 0.717) is 30.2 Å². The fourth-order valence-electron chi connectivity index (χ4n) is 3.17. The van der Waals surface area contributed by atoms with Gasteiger partial charge in [-0.05, 0) is 50.7 Å². The third-order valence-corrected chi connectivity index (χ3v) is 6.80. The van der Waals surface area contributed by atoms with E-state index in [4.69, 9.17) is 4.74 Å². The van der Waals surface area contributed by atoms with Crippen LogP contribution in [0.5, 0.6) is 5.88 Å². The summed E-state index contributed by atoms with van der Waals surface area (Å²) in [6, 6.07) is 9.51. The van der Waals surface area contributed by atoms with Gasteiger partial charge in [-0.2, -0.15) is 4.31 Å². The van der Waals surface area contributed by atoms with Crippen LogP contribution in [-0.4, -0.2) is 67.3 Å². The summed E-state index contributed by atoms with van der Waals surface area (Å²) in [5.41, 5.74) is 0.897. The lowest BCUT2D eigenvalue weighted by molar-refractivity contribution is 0.102. The molecule has 0 bridgehead atoms. The third-order valence-electron chi connectivity index (χ3n) is 4.88. The Bertz CT molecular complexity index is 952. The number of carbonyl (C=O) groups is 1. The van der Waals surface area contributed by atoms with Crippen molar-refractivity contribution >= 4 is 21.6 Å². The topological polar surface area (TPSA) is 91.8 Å². The van der Waals surface area contributed by atoms with Crippen molar-refractivity contribution < 1.29 is 17.9 Å². The van der Waals surface area contributed by atoms with Crippen LogP contribution in [0.4, 0.5) is 5.69 Å². The van der Waals surface area contributed by atoms with E-state index >= 15 is 0 Å². The molecule has 1 aliphatic rings. The molecule has 8 nitrogen and oxygen atoms in total. The van der Waals surface area contributed by atoms with Gasteiger partial charge in [0.1, 0.15) is 0 Å². The van der Waals surface area contributed by atoms with Crippen molar-refractivity contribution in [3.63, 3.8) is 0 Å². The number of pyridine rings is 1. The number of ether oxygens (including phenoxy) is 1. The van der Waals surface area contributed by atoms with Crippen LogP contribution in [0.25, 0.3) is 0 Å². The Labute approximate surface area is 177 Å². The molecule has 1 aromatic carbocycles. The average molecular weight is 433 g/mol. The maximum Gasteiger partial charge on any atom is 0.257 e. The van der Waals surface area contributed by atoms with Gasteiger partial charge in [0.05, 0.1) is 16.6 Å². The number of benzene rings is 1. The normalized spacial score (nSPS) is 15.9. The van der Waals surface area contributed by atoms with Crippen molar-refractivity contribution in [3.8, 4) is 5.88 Å². The molecule has 1 N–H and O–H groups in total. The second-order valence-electron chi connectivity index (χ2n) is 7.37. The first kappa shape index (κ1) is 22.2. The number of hydrogen-bond donors (Lipinski definition) is 1. The number of piperazine rings is 1. The van der Waals surface area contributed by atoms with Crippen molar-refractivity contribution in [3.05, 3.63) is 48.2 Å². The van der Waals surface area contributed by atoms with E-state index in [1.165, 1.54) is 22.6 Å². The number of carbonyl (C=O) groups excluding carboxylic acids is 1. The van der Waals surface area contributed by atoms with E-state index in [1.807, 2.05) is 13.8 Å². The smallest absolute Gasteiger partial charge is 0.257 e. The Kier molecular flexibility index (Phi) is 7.06. The summed E-state index contributed by atoms with van der Waals surface area (Å²) in [4.78, 5) is 19.0. The summed E-state index contributed by atoms with van der Waals surface area (Å²) in [7, 11) is -3.54. The number of rotatable bonds is 7. The van der Waals surface area contributed by atoms with Gasteiger partial charge in [0.15, 0.2) is 0 Å². The first-order valence-corrected chi connectivity index (χ1v) is 11.5. The van der Waals surface area contributed by atoms with Crippen LogP contribution in [0.15, 0.2) is 47.5 Å². The van der Waals surface area contributed by atoms with E-state index in [1.54, 1.807) is 24.3 Å². The van der Waals surface area contributed by atoms with Gasteiger partial charge < -0.3 is 15.0 Å². The summed E-state index contributed by atoms with van der Waals surface area (Å²) in [5, 5.41) is 2.76. The zero-order valence-corrected chi connectivity index (χ0v) is 18.4. The van der Waals surface area contributed by atoms with Gasteiger partial charge in [-0.1, -0.05) is 6.92 Å². The van der Waals surface area contributed by atoms with E-state index in [9.17, 15) is 13.2 Å². The monoisotopic (exact) mass is 432 g/mol. The minimum absolute atomic E-state index is 0.00230. The van der Waals surface area contributed by atoms with Gasteiger partial charge >= 0.3 is 0 Å². The predicted molar refractivity (Wildman–Crippen MR) is 115 cm³/mol. The zero-order valence-electron chi connectivity index (χ0n) is 17.5. The molecule has 1 aromatic heterocycles. The van der Waals surface area contributed by atoms with E-state index in [2.05, 4.69) is 22.1 Å². The number of aromatic nitrogens is 1. The van der Waals surface area contributed by atoms with Gasteiger partial charge in [-0.15, -0.1) is 0 Å². The summed E-state index contributed by atoms with van der Waals surface area (Å²) in [6.07, 6.45) is 1.45. The van der Waals surface area contributed by atoms with E-state index in [-0.39, 0.29) is 16.9 Å². The molecule has 0 saturated carbocycles. The average Bonchev–Trinajstić information content (AvgIpc) is 2.74. The van der Waals surface area contributed by atoms with Crippen LogP contribution in [-0.2, 0) is 10.0 Å². The van der Waals surface area contributed by atoms with Crippen molar-refractivity contribution in [2.24, 2.45) is 0 Å². The van der Waals surface area contributed by atoms with Crippen LogP contribution >= 0.6 is 0 Å². The minimum Gasteiger partial charge on any atom is -0.475 e. The molecule has 1 amide bonds. The number of nitrogens with one attached hydrogen (secondary N) is 1. The molecule has 1 saturated heterocycles. The third kappa shape index (κ3) is 5.35. The molecule has 3 rings (SSSR count). The SMILES string of the molecule is CCN1CCN(S(=O)(=O)c2ccc(NC(=O)c3ccc(OC(C)C)nc3)cc2)CC1. The van der Waals surface area contributed by atoms with Gasteiger partial charge in [0.2, 0.25) is 15.9 Å². The number of sulfonamides is 1. The molecule has 162 valence electrons. The zero-order chi connectivity index (χ0) is 21.7. The highest BCUT2D eigenvalue weighted by molar-refractivity contribution is 7.89. The van der Waals surface area contributed by atoms with Crippen molar-refractivity contribution in [2.45, 2.75) is 31.8 Å². The van der Waals surface area contributed by atoms with Crippen molar-refractivity contribution in [1.82, 2.24) is 14.2 Å². The second-order valence-corrected chi connectivity index (χ2v) is 9.31. The number of nitrogens with zero attached hydrogens (tertiary/aromatic N) is 3.